The van der Waals surface area contributed by atoms with Crippen LogP contribution < -0.4 is 10.5 Å². The predicted octanol–water partition coefficient (Wildman–Crippen LogP) is 1.84. The highest BCUT2D eigenvalue weighted by molar-refractivity contribution is 9.10. The zero-order valence-electron chi connectivity index (χ0n) is 8.03. The van der Waals surface area contributed by atoms with E-state index < -0.39 is 6.10 Å². The number of rotatable bonds is 4. The number of nitrogens with two attached hydrogens (primary N) is 1. The number of aliphatic hydroxyl groups excluding tert-OH is 1. The molecule has 1 rings (SSSR count). The van der Waals surface area contributed by atoms with Gasteiger partial charge >= 0.3 is 0 Å². The predicted molar refractivity (Wildman–Crippen MR) is 59.3 cm³/mol. The number of methoxy groups -OCH3 is 1. The summed E-state index contributed by atoms with van der Waals surface area (Å²) in [6.45, 7) is 0.450. The van der Waals surface area contributed by atoms with E-state index in [2.05, 4.69) is 15.9 Å². The fourth-order valence-electron chi connectivity index (χ4n) is 1.32. The quantitative estimate of drug-likeness (QED) is 0.868. The average Bonchev–Trinajstić information content (AvgIpc) is 2.17. The van der Waals surface area contributed by atoms with E-state index in [9.17, 15) is 5.11 Å². The Morgan fingerprint density at radius 3 is 2.86 bits per heavy atom. The van der Waals surface area contributed by atoms with Gasteiger partial charge in [-0.2, -0.15) is 0 Å². The minimum atomic E-state index is -0.578. The number of aliphatic hydroxyl groups is 1. The largest absolute Gasteiger partial charge is 0.496 e. The Hall–Kier alpha value is -0.580. The van der Waals surface area contributed by atoms with Crippen molar-refractivity contribution in [2.45, 2.75) is 12.5 Å². The van der Waals surface area contributed by atoms with Crippen LogP contribution in [0.2, 0.25) is 0 Å². The Balaban J connectivity index is 3.03. The summed E-state index contributed by atoms with van der Waals surface area (Å²) < 4.78 is 6.01. The van der Waals surface area contributed by atoms with Crippen LogP contribution in [0.4, 0.5) is 0 Å². The molecular weight excluding hydrogens is 246 g/mol. The Morgan fingerprint density at radius 2 is 2.29 bits per heavy atom. The summed E-state index contributed by atoms with van der Waals surface area (Å²) in [4.78, 5) is 0. The fourth-order valence-corrected chi connectivity index (χ4v) is 1.93. The van der Waals surface area contributed by atoms with Crippen molar-refractivity contribution in [2.75, 3.05) is 13.7 Å². The lowest BCUT2D eigenvalue weighted by Crippen LogP contribution is -2.08. The van der Waals surface area contributed by atoms with E-state index in [1.807, 2.05) is 18.2 Å². The lowest BCUT2D eigenvalue weighted by atomic mass is 10.1. The van der Waals surface area contributed by atoms with Crippen molar-refractivity contribution in [1.29, 1.82) is 0 Å². The van der Waals surface area contributed by atoms with Crippen LogP contribution in [-0.2, 0) is 0 Å². The van der Waals surface area contributed by atoms with Crippen LogP contribution in [0, 0.1) is 0 Å². The second kappa shape index (κ2) is 5.34. The molecule has 0 unspecified atom stereocenters. The molecule has 0 aliphatic carbocycles. The van der Waals surface area contributed by atoms with Gasteiger partial charge in [-0.15, -0.1) is 0 Å². The fraction of sp³-hybridized carbons (Fsp3) is 0.400. The molecule has 0 bridgehead atoms. The SMILES string of the molecule is COc1cccc(Br)c1[C@H](O)CCN. The average molecular weight is 260 g/mol. The second-order valence-electron chi connectivity index (χ2n) is 2.95. The molecule has 78 valence electrons. The molecule has 0 aromatic heterocycles. The summed E-state index contributed by atoms with van der Waals surface area (Å²) in [5, 5.41) is 9.82. The van der Waals surface area contributed by atoms with Crippen molar-refractivity contribution in [3.8, 4) is 5.75 Å². The summed E-state index contributed by atoms with van der Waals surface area (Å²) in [6, 6.07) is 5.55. The van der Waals surface area contributed by atoms with Crippen LogP contribution in [-0.4, -0.2) is 18.8 Å². The summed E-state index contributed by atoms with van der Waals surface area (Å²) in [5.41, 5.74) is 6.16. The smallest absolute Gasteiger partial charge is 0.125 e. The lowest BCUT2D eigenvalue weighted by Gasteiger charge is -2.15. The van der Waals surface area contributed by atoms with Crippen molar-refractivity contribution >= 4 is 15.9 Å². The van der Waals surface area contributed by atoms with Gasteiger partial charge in [-0.05, 0) is 25.1 Å². The van der Waals surface area contributed by atoms with Crippen molar-refractivity contribution in [3.05, 3.63) is 28.2 Å². The number of hydrogen-bond donors (Lipinski definition) is 2. The van der Waals surface area contributed by atoms with Crippen LogP contribution in [0.25, 0.3) is 0 Å². The third-order valence-corrected chi connectivity index (χ3v) is 2.70. The summed E-state index contributed by atoms with van der Waals surface area (Å²) in [5.74, 6) is 0.681. The van der Waals surface area contributed by atoms with Crippen LogP contribution in [0.5, 0.6) is 5.75 Å². The van der Waals surface area contributed by atoms with Gasteiger partial charge in [-0.1, -0.05) is 22.0 Å². The summed E-state index contributed by atoms with van der Waals surface area (Å²) in [6.07, 6.45) is -0.0515. The van der Waals surface area contributed by atoms with E-state index in [1.165, 1.54) is 0 Å². The maximum Gasteiger partial charge on any atom is 0.125 e. The first kappa shape index (κ1) is 11.5. The van der Waals surface area contributed by atoms with Crippen LogP contribution >= 0.6 is 15.9 Å². The molecule has 4 heteroatoms. The highest BCUT2D eigenvalue weighted by atomic mass is 79.9. The first-order chi connectivity index (χ1) is 6.70. The molecule has 0 aliphatic heterocycles. The molecule has 0 fully saturated rings. The molecule has 0 radical (unpaired) electrons. The molecule has 1 aromatic carbocycles. The third kappa shape index (κ3) is 2.47. The second-order valence-corrected chi connectivity index (χ2v) is 3.80. The van der Waals surface area contributed by atoms with E-state index in [0.717, 1.165) is 10.0 Å². The van der Waals surface area contributed by atoms with Crippen LogP contribution in [0.3, 0.4) is 0 Å². The van der Waals surface area contributed by atoms with Gasteiger partial charge < -0.3 is 15.6 Å². The summed E-state index contributed by atoms with van der Waals surface area (Å²) >= 11 is 3.38. The molecule has 14 heavy (non-hydrogen) atoms. The van der Waals surface area contributed by atoms with Gasteiger partial charge in [0.25, 0.3) is 0 Å². The van der Waals surface area contributed by atoms with Crippen molar-refractivity contribution in [3.63, 3.8) is 0 Å². The normalized spacial score (nSPS) is 12.6. The number of benzene rings is 1. The Labute approximate surface area is 92.0 Å². The van der Waals surface area contributed by atoms with Crippen molar-refractivity contribution < 1.29 is 9.84 Å². The number of ether oxygens (including phenoxy) is 1. The standard InChI is InChI=1S/C10H14BrNO2/c1-14-9-4-2-3-7(11)10(9)8(13)5-6-12/h2-4,8,13H,5-6,12H2,1H3/t8-/m1/s1. The van der Waals surface area contributed by atoms with Gasteiger partial charge in [0.1, 0.15) is 5.75 Å². The zero-order chi connectivity index (χ0) is 10.6. The minimum Gasteiger partial charge on any atom is -0.496 e. The topological polar surface area (TPSA) is 55.5 Å². The summed E-state index contributed by atoms with van der Waals surface area (Å²) in [7, 11) is 1.58. The molecule has 3 nitrogen and oxygen atoms in total. The molecule has 0 saturated heterocycles. The maximum atomic E-state index is 9.82. The van der Waals surface area contributed by atoms with Crippen LogP contribution in [0.15, 0.2) is 22.7 Å². The Bertz CT molecular complexity index is 304. The van der Waals surface area contributed by atoms with E-state index in [1.54, 1.807) is 7.11 Å². The lowest BCUT2D eigenvalue weighted by molar-refractivity contribution is 0.165. The number of halogens is 1. The first-order valence-corrected chi connectivity index (χ1v) is 5.20. The minimum absolute atomic E-state index is 0.450. The zero-order valence-corrected chi connectivity index (χ0v) is 9.62. The van der Waals surface area contributed by atoms with Gasteiger partial charge in [0, 0.05) is 10.0 Å². The molecule has 3 N–H and O–H groups in total. The first-order valence-electron chi connectivity index (χ1n) is 4.41. The highest BCUT2D eigenvalue weighted by Crippen LogP contribution is 2.33. The number of hydrogen-bond acceptors (Lipinski definition) is 3. The molecule has 0 aliphatic rings. The molecule has 1 atom stereocenters. The Morgan fingerprint density at radius 1 is 1.57 bits per heavy atom. The Kier molecular flexibility index (Phi) is 4.38. The van der Waals surface area contributed by atoms with Gasteiger partial charge in [-0.25, -0.2) is 0 Å². The van der Waals surface area contributed by atoms with Crippen LogP contribution in [0.1, 0.15) is 18.1 Å². The van der Waals surface area contributed by atoms with E-state index >= 15 is 0 Å². The van der Waals surface area contributed by atoms with E-state index in [-0.39, 0.29) is 0 Å². The monoisotopic (exact) mass is 259 g/mol. The van der Waals surface area contributed by atoms with Gasteiger partial charge in [0.05, 0.1) is 13.2 Å². The van der Waals surface area contributed by atoms with Crippen molar-refractivity contribution in [2.24, 2.45) is 5.73 Å². The molecule has 0 amide bonds. The molecular formula is C10H14BrNO2. The molecule has 0 spiro atoms. The third-order valence-electron chi connectivity index (χ3n) is 2.01. The van der Waals surface area contributed by atoms with Gasteiger partial charge in [-0.3, -0.25) is 0 Å². The molecule has 0 heterocycles. The van der Waals surface area contributed by atoms with E-state index in [4.69, 9.17) is 10.5 Å². The van der Waals surface area contributed by atoms with Gasteiger partial charge in [0.2, 0.25) is 0 Å². The highest BCUT2D eigenvalue weighted by Gasteiger charge is 2.15. The van der Waals surface area contributed by atoms with Crippen molar-refractivity contribution in [1.82, 2.24) is 0 Å². The molecule has 0 saturated carbocycles. The maximum absolute atomic E-state index is 9.82. The molecule has 1 aromatic rings. The van der Waals surface area contributed by atoms with E-state index in [0.29, 0.717) is 18.7 Å². The van der Waals surface area contributed by atoms with Gasteiger partial charge in [0.15, 0.2) is 0 Å².